The summed E-state index contributed by atoms with van der Waals surface area (Å²) < 4.78 is 1.51. The van der Waals surface area contributed by atoms with Crippen molar-refractivity contribution in [1.29, 1.82) is 0 Å². The second-order valence-corrected chi connectivity index (χ2v) is 6.74. The Hall–Kier alpha value is -0.890. The molecule has 0 amide bonds. The van der Waals surface area contributed by atoms with Gasteiger partial charge in [-0.3, -0.25) is 0 Å². The number of nitrogens with one attached hydrogen (secondary N) is 1. The van der Waals surface area contributed by atoms with E-state index in [2.05, 4.69) is 47.4 Å². The van der Waals surface area contributed by atoms with Gasteiger partial charge in [0.25, 0.3) is 0 Å². The molecule has 0 fully saturated rings. The predicted octanol–water partition coefficient (Wildman–Crippen LogP) is 1.58. The van der Waals surface area contributed by atoms with Gasteiger partial charge in [-0.25, -0.2) is 0 Å². The van der Waals surface area contributed by atoms with Gasteiger partial charge >= 0.3 is 96.9 Å². The number of benzene rings is 2. The molecule has 0 spiro atoms. The van der Waals surface area contributed by atoms with Gasteiger partial charge in [0.05, 0.1) is 0 Å². The van der Waals surface area contributed by atoms with E-state index in [0.29, 0.717) is 24.4 Å². The van der Waals surface area contributed by atoms with E-state index in [1.807, 2.05) is 0 Å². The average Bonchev–Trinajstić information content (AvgIpc) is 2.59. The minimum atomic E-state index is 0.561. The maximum absolute atomic E-state index is 3.50. The van der Waals surface area contributed by atoms with E-state index in [1.54, 1.807) is 0 Å². The zero-order valence-corrected chi connectivity index (χ0v) is 13.7. The SMILES string of the molecule is [InH2][c]1cccc2c1[nH]c1ccccc12. The minimum absolute atomic E-state index is 0.561. The summed E-state index contributed by atoms with van der Waals surface area (Å²) in [5.41, 5.74) is 2.60. The average molecular weight is 283 g/mol. The first kappa shape index (κ1) is 8.42. The normalized spacial score (nSPS) is 11.1. The molecule has 1 N–H and O–H groups in total. The van der Waals surface area contributed by atoms with Crippen molar-refractivity contribution in [2.45, 2.75) is 0 Å². The Morgan fingerprint density at radius 3 is 2.57 bits per heavy atom. The summed E-state index contributed by atoms with van der Waals surface area (Å²) in [4.78, 5) is 3.50. The molecular formula is C12H10InN. The third-order valence-corrected chi connectivity index (χ3v) is 5.13. The van der Waals surface area contributed by atoms with Crippen molar-refractivity contribution in [3.63, 3.8) is 0 Å². The van der Waals surface area contributed by atoms with Crippen molar-refractivity contribution in [3.8, 4) is 0 Å². The van der Waals surface area contributed by atoms with Crippen LogP contribution in [0.2, 0.25) is 0 Å². The van der Waals surface area contributed by atoms with E-state index in [9.17, 15) is 0 Å². The predicted molar refractivity (Wildman–Crippen MR) is 64.0 cm³/mol. The van der Waals surface area contributed by atoms with Crippen LogP contribution in [0, 0.1) is 0 Å². The fourth-order valence-electron chi connectivity index (χ4n) is 2.02. The van der Waals surface area contributed by atoms with Crippen LogP contribution in [0.5, 0.6) is 0 Å². The molecular weight excluding hydrogens is 273 g/mol. The molecule has 0 aliphatic heterocycles. The van der Waals surface area contributed by atoms with Gasteiger partial charge in [0.15, 0.2) is 0 Å². The number of para-hydroxylation sites is 2. The van der Waals surface area contributed by atoms with Crippen molar-refractivity contribution in [3.05, 3.63) is 42.5 Å². The quantitative estimate of drug-likeness (QED) is 0.645. The molecule has 1 nitrogen and oxygen atoms in total. The fourth-order valence-corrected chi connectivity index (χ4v) is 3.69. The zero-order chi connectivity index (χ0) is 9.54. The summed E-state index contributed by atoms with van der Waals surface area (Å²) in [5.74, 6) is 0. The molecule has 0 radical (unpaired) electrons. The van der Waals surface area contributed by atoms with Crippen molar-refractivity contribution in [1.82, 2.24) is 4.98 Å². The maximum atomic E-state index is 3.50. The number of aromatic amines is 1. The number of hydrogen-bond acceptors (Lipinski definition) is 0. The van der Waals surface area contributed by atoms with Crippen LogP contribution in [0.1, 0.15) is 0 Å². The number of rotatable bonds is 0. The first-order chi connectivity index (χ1) is 6.86. The Labute approximate surface area is 96.7 Å². The van der Waals surface area contributed by atoms with Gasteiger partial charge in [-0.2, -0.15) is 0 Å². The number of fused-ring (bicyclic) bond motifs is 3. The molecule has 1 heterocycles. The second-order valence-electron chi connectivity index (χ2n) is 3.67. The van der Waals surface area contributed by atoms with Crippen LogP contribution in [0.15, 0.2) is 42.5 Å². The molecule has 0 bridgehead atoms. The van der Waals surface area contributed by atoms with Crippen LogP contribution in [0.25, 0.3) is 21.8 Å². The van der Waals surface area contributed by atoms with Crippen LogP contribution in [-0.2, 0) is 0 Å². The van der Waals surface area contributed by atoms with Gasteiger partial charge in [-0.15, -0.1) is 0 Å². The van der Waals surface area contributed by atoms with Gasteiger partial charge in [-0.05, 0) is 0 Å². The molecule has 0 atom stereocenters. The molecule has 0 saturated heterocycles. The summed E-state index contributed by atoms with van der Waals surface area (Å²) in [6.07, 6.45) is 0. The van der Waals surface area contributed by atoms with Crippen molar-refractivity contribution < 1.29 is 0 Å². The molecule has 2 aromatic carbocycles. The molecule has 66 valence electrons. The molecule has 3 rings (SSSR count). The van der Waals surface area contributed by atoms with E-state index in [1.165, 1.54) is 25.1 Å². The molecule has 0 saturated carbocycles. The summed E-state index contributed by atoms with van der Waals surface area (Å²) >= 11 is 0.561. The topological polar surface area (TPSA) is 15.8 Å². The van der Waals surface area contributed by atoms with Gasteiger partial charge in [0, 0.05) is 0 Å². The van der Waals surface area contributed by atoms with Crippen molar-refractivity contribution >= 4 is 49.5 Å². The van der Waals surface area contributed by atoms with Gasteiger partial charge in [-0.1, -0.05) is 0 Å². The third-order valence-electron chi connectivity index (χ3n) is 2.75. The van der Waals surface area contributed by atoms with Gasteiger partial charge in [0.1, 0.15) is 0 Å². The van der Waals surface area contributed by atoms with E-state index in [0.717, 1.165) is 0 Å². The number of hydrogen-bond donors (Lipinski definition) is 1. The Morgan fingerprint density at radius 1 is 0.857 bits per heavy atom. The van der Waals surface area contributed by atoms with Crippen LogP contribution in [0.3, 0.4) is 0 Å². The summed E-state index contributed by atoms with van der Waals surface area (Å²) in [5, 5.41) is 2.72. The third kappa shape index (κ3) is 1.10. The molecule has 0 aliphatic carbocycles. The number of H-pyrrole nitrogens is 1. The molecule has 3 aromatic rings. The Kier molecular flexibility index (Phi) is 1.84. The van der Waals surface area contributed by atoms with E-state index in [-0.39, 0.29) is 0 Å². The van der Waals surface area contributed by atoms with Crippen LogP contribution in [0.4, 0.5) is 0 Å². The summed E-state index contributed by atoms with van der Waals surface area (Å²) in [6, 6.07) is 15.1. The standard InChI is InChI=1S/C12H8N.In.2H/c1-3-7-11-9(5-1)10-6-2-4-8-12(10)13-11;;;/h1-7,13H;;;. The van der Waals surface area contributed by atoms with Gasteiger partial charge in [0.2, 0.25) is 0 Å². The van der Waals surface area contributed by atoms with E-state index < -0.39 is 0 Å². The Morgan fingerprint density at radius 2 is 1.64 bits per heavy atom. The van der Waals surface area contributed by atoms with Gasteiger partial charge < -0.3 is 0 Å². The number of aromatic nitrogens is 1. The Bertz CT molecular complexity index is 610. The fraction of sp³-hybridized carbons (Fsp3) is 0. The first-order valence-corrected chi connectivity index (χ1v) is 7.68. The first-order valence-electron chi connectivity index (χ1n) is 4.82. The molecule has 0 unspecified atom stereocenters. The van der Waals surface area contributed by atoms with Crippen molar-refractivity contribution in [2.75, 3.05) is 0 Å². The molecule has 0 aliphatic rings. The van der Waals surface area contributed by atoms with Crippen LogP contribution in [-0.4, -0.2) is 29.4 Å². The van der Waals surface area contributed by atoms with E-state index >= 15 is 0 Å². The summed E-state index contributed by atoms with van der Waals surface area (Å²) in [7, 11) is 0. The second kappa shape index (κ2) is 3.06. The zero-order valence-electron chi connectivity index (χ0n) is 8.04. The monoisotopic (exact) mass is 283 g/mol. The van der Waals surface area contributed by atoms with Crippen LogP contribution < -0.4 is 3.32 Å². The molecule has 2 heteroatoms. The molecule has 14 heavy (non-hydrogen) atoms. The van der Waals surface area contributed by atoms with Crippen molar-refractivity contribution in [2.24, 2.45) is 0 Å². The summed E-state index contributed by atoms with van der Waals surface area (Å²) in [6.45, 7) is 0. The van der Waals surface area contributed by atoms with E-state index in [4.69, 9.17) is 0 Å². The van der Waals surface area contributed by atoms with Crippen LogP contribution >= 0.6 is 0 Å². The Balaban J connectivity index is 2.63. The molecule has 1 aromatic heterocycles.